The van der Waals surface area contributed by atoms with Gasteiger partial charge in [-0.2, -0.15) is 0 Å². The number of hydrogen-bond acceptors (Lipinski definition) is 2. The van der Waals surface area contributed by atoms with Gasteiger partial charge in [-0.3, -0.25) is 4.79 Å². The highest BCUT2D eigenvalue weighted by molar-refractivity contribution is 5.69. The molecular weight excluding hydrogens is 200 g/mol. The molecule has 2 heteroatoms. The monoisotopic (exact) mass is 226 g/mol. The molecule has 1 aliphatic rings. The minimum absolute atomic E-state index is 0.0360. The summed E-state index contributed by atoms with van der Waals surface area (Å²) in [5, 5.41) is 0. The maximum atomic E-state index is 11.5. The highest BCUT2D eigenvalue weighted by Crippen LogP contribution is 2.31. The van der Waals surface area contributed by atoms with E-state index in [-0.39, 0.29) is 11.6 Å². The quantitative estimate of drug-likeness (QED) is 0.681. The van der Waals surface area contributed by atoms with Crippen LogP contribution in [-0.2, 0) is 9.53 Å². The summed E-state index contributed by atoms with van der Waals surface area (Å²) in [6, 6.07) is 0. The molecule has 1 aliphatic carbocycles. The van der Waals surface area contributed by atoms with Gasteiger partial charge in [0, 0.05) is 6.42 Å². The van der Waals surface area contributed by atoms with Gasteiger partial charge in [0.1, 0.15) is 5.60 Å². The summed E-state index contributed by atoms with van der Waals surface area (Å²) >= 11 is 0. The van der Waals surface area contributed by atoms with Crippen molar-refractivity contribution in [1.29, 1.82) is 0 Å². The van der Waals surface area contributed by atoms with E-state index in [1.165, 1.54) is 25.7 Å². The van der Waals surface area contributed by atoms with Gasteiger partial charge in [-0.25, -0.2) is 0 Å². The number of hydrogen-bond donors (Lipinski definition) is 0. The van der Waals surface area contributed by atoms with E-state index in [9.17, 15) is 4.79 Å². The second kappa shape index (κ2) is 5.70. The predicted molar refractivity (Wildman–Crippen MR) is 66.2 cm³/mol. The second-order valence-electron chi connectivity index (χ2n) is 6.25. The molecule has 0 aromatic heterocycles. The first-order valence-electron chi connectivity index (χ1n) is 6.58. The fourth-order valence-electron chi connectivity index (χ4n) is 2.33. The van der Waals surface area contributed by atoms with Crippen molar-refractivity contribution >= 4 is 5.97 Å². The Morgan fingerprint density at radius 3 is 2.25 bits per heavy atom. The zero-order valence-corrected chi connectivity index (χ0v) is 11.2. The maximum absolute atomic E-state index is 11.5. The second-order valence-corrected chi connectivity index (χ2v) is 6.25. The highest BCUT2D eigenvalue weighted by Gasteiger charge is 2.21. The van der Waals surface area contributed by atoms with Gasteiger partial charge in [-0.1, -0.05) is 32.6 Å². The number of carbonyl (C=O) groups is 1. The number of esters is 1. The van der Waals surface area contributed by atoms with Crippen LogP contribution in [0.15, 0.2) is 0 Å². The van der Waals surface area contributed by atoms with Crippen LogP contribution in [0.3, 0.4) is 0 Å². The molecule has 0 amide bonds. The van der Waals surface area contributed by atoms with Crippen LogP contribution in [0.25, 0.3) is 0 Å². The van der Waals surface area contributed by atoms with Gasteiger partial charge in [0.15, 0.2) is 0 Å². The van der Waals surface area contributed by atoms with Crippen LogP contribution >= 0.6 is 0 Å². The third-order valence-corrected chi connectivity index (χ3v) is 3.31. The lowest BCUT2D eigenvalue weighted by molar-refractivity contribution is -0.155. The fraction of sp³-hybridized carbons (Fsp3) is 0.929. The summed E-state index contributed by atoms with van der Waals surface area (Å²) in [4.78, 5) is 11.5. The summed E-state index contributed by atoms with van der Waals surface area (Å²) in [6.07, 6.45) is 6.86. The first-order valence-corrected chi connectivity index (χ1v) is 6.58. The van der Waals surface area contributed by atoms with E-state index in [0.29, 0.717) is 6.42 Å². The third-order valence-electron chi connectivity index (χ3n) is 3.31. The van der Waals surface area contributed by atoms with Crippen molar-refractivity contribution in [3.63, 3.8) is 0 Å². The van der Waals surface area contributed by atoms with Crippen LogP contribution < -0.4 is 0 Å². The summed E-state index contributed by atoms with van der Waals surface area (Å²) in [7, 11) is 0. The Balaban J connectivity index is 2.17. The van der Waals surface area contributed by atoms with E-state index in [1.54, 1.807) is 0 Å². The first-order chi connectivity index (χ1) is 7.37. The van der Waals surface area contributed by atoms with E-state index in [0.717, 1.165) is 18.3 Å². The zero-order chi connectivity index (χ0) is 12.2. The lowest BCUT2D eigenvalue weighted by atomic mass is 9.81. The molecule has 0 aliphatic heterocycles. The van der Waals surface area contributed by atoms with Gasteiger partial charge in [-0.15, -0.1) is 0 Å². The Labute approximate surface area is 99.8 Å². The molecule has 1 saturated carbocycles. The Hall–Kier alpha value is -0.530. The largest absolute Gasteiger partial charge is 0.460 e. The lowest BCUT2D eigenvalue weighted by Crippen LogP contribution is -2.24. The highest BCUT2D eigenvalue weighted by atomic mass is 16.6. The smallest absolute Gasteiger partial charge is 0.306 e. The van der Waals surface area contributed by atoms with Crippen LogP contribution in [0, 0.1) is 11.8 Å². The first kappa shape index (κ1) is 13.5. The van der Waals surface area contributed by atoms with E-state index in [4.69, 9.17) is 4.74 Å². The van der Waals surface area contributed by atoms with E-state index in [1.807, 2.05) is 20.8 Å². The van der Waals surface area contributed by atoms with E-state index < -0.39 is 0 Å². The molecule has 0 N–H and O–H groups in total. The molecule has 1 rings (SSSR count). The average Bonchev–Trinajstić information content (AvgIpc) is 2.14. The molecule has 0 aromatic carbocycles. The van der Waals surface area contributed by atoms with Crippen LogP contribution in [-0.4, -0.2) is 11.6 Å². The third kappa shape index (κ3) is 5.53. The number of rotatable bonds is 3. The van der Waals surface area contributed by atoms with Gasteiger partial charge in [0.05, 0.1) is 0 Å². The van der Waals surface area contributed by atoms with Gasteiger partial charge in [-0.05, 0) is 39.0 Å². The van der Waals surface area contributed by atoms with E-state index >= 15 is 0 Å². The average molecular weight is 226 g/mol. The predicted octanol–water partition coefficient (Wildman–Crippen LogP) is 3.93. The Bertz CT molecular complexity index is 219. The van der Waals surface area contributed by atoms with Crippen molar-refractivity contribution in [2.45, 2.75) is 71.8 Å². The Morgan fingerprint density at radius 2 is 1.75 bits per heavy atom. The topological polar surface area (TPSA) is 26.3 Å². The molecule has 0 heterocycles. The van der Waals surface area contributed by atoms with Gasteiger partial charge < -0.3 is 4.74 Å². The van der Waals surface area contributed by atoms with Gasteiger partial charge >= 0.3 is 5.97 Å². The van der Waals surface area contributed by atoms with Crippen molar-refractivity contribution in [3.05, 3.63) is 0 Å². The summed E-state index contributed by atoms with van der Waals surface area (Å²) < 4.78 is 5.31. The standard InChI is InChI=1S/C14H26O2/c1-11-5-7-12(8-6-11)9-10-13(15)16-14(2,3)4/h11-12H,5-10H2,1-4H3/t11-,12+. The van der Waals surface area contributed by atoms with E-state index in [2.05, 4.69) is 6.92 Å². The molecule has 0 aromatic rings. The molecule has 16 heavy (non-hydrogen) atoms. The fourth-order valence-corrected chi connectivity index (χ4v) is 2.33. The molecule has 94 valence electrons. The summed E-state index contributed by atoms with van der Waals surface area (Å²) in [5.74, 6) is 1.60. The molecule has 0 bridgehead atoms. The van der Waals surface area contributed by atoms with Crippen LogP contribution in [0.5, 0.6) is 0 Å². The number of carbonyl (C=O) groups excluding carboxylic acids is 1. The number of ether oxygens (including phenoxy) is 1. The SMILES string of the molecule is CC(C)(C)OC(=O)CC[C@H]1CC[C@@H](C)CC1. The Morgan fingerprint density at radius 1 is 1.19 bits per heavy atom. The van der Waals surface area contributed by atoms with Crippen molar-refractivity contribution in [3.8, 4) is 0 Å². The normalized spacial score (nSPS) is 26.5. The van der Waals surface area contributed by atoms with Crippen molar-refractivity contribution in [2.24, 2.45) is 11.8 Å². The van der Waals surface area contributed by atoms with Crippen molar-refractivity contribution < 1.29 is 9.53 Å². The van der Waals surface area contributed by atoms with Crippen LogP contribution in [0.4, 0.5) is 0 Å². The summed E-state index contributed by atoms with van der Waals surface area (Å²) in [6.45, 7) is 8.09. The Kier molecular flexibility index (Phi) is 4.82. The van der Waals surface area contributed by atoms with Gasteiger partial charge in [0.2, 0.25) is 0 Å². The molecular formula is C14H26O2. The zero-order valence-electron chi connectivity index (χ0n) is 11.2. The molecule has 0 spiro atoms. The minimum Gasteiger partial charge on any atom is -0.460 e. The van der Waals surface area contributed by atoms with Gasteiger partial charge in [0.25, 0.3) is 0 Å². The summed E-state index contributed by atoms with van der Waals surface area (Å²) in [5.41, 5.74) is -0.335. The molecule has 0 radical (unpaired) electrons. The minimum atomic E-state index is -0.335. The molecule has 0 atom stereocenters. The molecule has 1 fully saturated rings. The maximum Gasteiger partial charge on any atom is 0.306 e. The van der Waals surface area contributed by atoms with Crippen molar-refractivity contribution in [1.82, 2.24) is 0 Å². The molecule has 2 nitrogen and oxygen atoms in total. The van der Waals surface area contributed by atoms with Crippen LogP contribution in [0.1, 0.15) is 66.2 Å². The molecule has 0 saturated heterocycles. The lowest BCUT2D eigenvalue weighted by Gasteiger charge is -2.26. The van der Waals surface area contributed by atoms with Crippen molar-refractivity contribution in [2.75, 3.05) is 0 Å². The molecule has 0 unspecified atom stereocenters. The van der Waals surface area contributed by atoms with Crippen LogP contribution in [0.2, 0.25) is 0 Å².